The van der Waals surface area contributed by atoms with Crippen LogP contribution in [0, 0.1) is 12.7 Å². The number of nitrogens with zero attached hydrogens (tertiary/aromatic N) is 3. The van der Waals surface area contributed by atoms with E-state index < -0.39 is 0 Å². The number of hydrogen-bond acceptors (Lipinski definition) is 4. The highest BCUT2D eigenvalue weighted by molar-refractivity contribution is 5.78. The summed E-state index contributed by atoms with van der Waals surface area (Å²) < 4.78 is 24.7. The molecule has 160 valence electrons. The number of aliphatic imine (C=N–C) groups is 1. The number of rotatable bonds is 5. The number of ether oxygens (including phenoxy) is 2. The second-order valence-corrected chi connectivity index (χ2v) is 7.84. The second kappa shape index (κ2) is 9.34. The predicted molar refractivity (Wildman–Crippen MR) is 117 cm³/mol. The van der Waals surface area contributed by atoms with Gasteiger partial charge in [0.2, 0.25) is 0 Å². The summed E-state index contributed by atoms with van der Waals surface area (Å²) in [6, 6.07) is 12.8. The van der Waals surface area contributed by atoms with Crippen molar-refractivity contribution in [2.75, 3.05) is 44.3 Å². The fraction of sp³-hybridized carbons (Fsp3) is 0.435. The van der Waals surface area contributed by atoms with Crippen LogP contribution >= 0.6 is 0 Å². The third-order valence-electron chi connectivity index (χ3n) is 5.61. The third kappa shape index (κ3) is 5.02. The van der Waals surface area contributed by atoms with E-state index in [1.807, 2.05) is 12.1 Å². The van der Waals surface area contributed by atoms with Gasteiger partial charge in [-0.05, 0) is 42.8 Å². The van der Waals surface area contributed by atoms with Crippen LogP contribution in [0.2, 0.25) is 0 Å². The molecule has 0 spiro atoms. The van der Waals surface area contributed by atoms with Crippen molar-refractivity contribution in [3.05, 3.63) is 59.4 Å². The molecule has 1 atom stereocenters. The van der Waals surface area contributed by atoms with E-state index in [-0.39, 0.29) is 11.9 Å². The fourth-order valence-corrected chi connectivity index (χ4v) is 3.80. The topological polar surface area (TPSA) is 63.3 Å². The van der Waals surface area contributed by atoms with Crippen LogP contribution in [0.4, 0.5) is 10.1 Å². The highest BCUT2D eigenvalue weighted by Crippen LogP contribution is 2.25. The Morgan fingerprint density at radius 2 is 1.93 bits per heavy atom. The van der Waals surface area contributed by atoms with E-state index in [9.17, 15) is 4.39 Å². The summed E-state index contributed by atoms with van der Waals surface area (Å²) in [7, 11) is 0. The Morgan fingerprint density at radius 1 is 1.17 bits per heavy atom. The molecule has 2 aromatic rings. The van der Waals surface area contributed by atoms with Crippen molar-refractivity contribution in [2.24, 2.45) is 10.7 Å². The Balaban J connectivity index is 1.36. The summed E-state index contributed by atoms with van der Waals surface area (Å²) >= 11 is 0. The standard InChI is InChI=1S/C23H29FN4O2/c1-17-2-3-18(22(14-17)30-21-8-13-29-16-21)15-26-23(25)28-11-9-27(10-12-28)20-6-4-19(24)5-7-20/h2-7,14,21H,8-13,15-16H2,1H3,(H2,25,26). The van der Waals surface area contributed by atoms with Crippen LogP contribution in [0.5, 0.6) is 5.75 Å². The summed E-state index contributed by atoms with van der Waals surface area (Å²) in [6.07, 6.45) is 1.02. The molecule has 7 heteroatoms. The van der Waals surface area contributed by atoms with E-state index in [0.29, 0.717) is 19.1 Å². The van der Waals surface area contributed by atoms with Crippen molar-refractivity contribution in [3.63, 3.8) is 0 Å². The van der Waals surface area contributed by atoms with Crippen LogP contribution in [0.15, 0.2) is 47.5 Å². The van der Waals surface area contributed by atoms with E-state index in [2.05, 4.69) is 39.9 Å². The molecule has 4 rings (SSSR count). The molecular formula is C23H29FN4O2. The molecule has 1 unspecified atom stereocenters. The zero-order chi connectivity index (χ0) is 20.9. The van der Waals surface area contributed by atoms with Crippen LogP contribution in [0.3, 0.4) is 0 Å². The highest BCUT2D eigenvalue weighted by atomic mass is 19.1. The van der Waals surface area contributed by atoms with Gasteiger partial charge in [0.15, 0.2) is 5.96 Å². The summed E-state index contributed by atoms with van der Waals surface area (Å²) in [4.78, 5) is 8.97. The molecule has 30 heavy (non-hydrogen) atoms. The van der Waals surface area contributed by atoms with Crippen molar-refractivity contribution in [3.8, 4) is 5.75 Å². The van der Waals surface area contributed by atoms with Gasteiger partial charge in [0.25, 0.3) is 0 Å². The van der Waals surface area contributed by atoms with Gasteiger partial charge in [0.05, 0.1) is 19.8 Å². The SMILES string of the molecule is Cc1ccc(CN=C(N)N2CCN(c3ccc(F)cc3)CC2)c(OC2CCOC2)c1. The molecule has 2 saturated heterocycles. The molecule has 2 aliphatic rings. The van der Waals surface area contributed by atoms with E-state index in [1.54, 1.807) is 0 Å². The normalized spacial score (nSPS) is 19.9. The Morgan fingerprint density at radius 3 is 2.63 bits per heavy atom. The molecule has 2 fully saturated rings. The van der Waals surface area contributed by atoms with Crippen molar-refractivity contribution >= 4 is 11.6 Å². The van der Waals surface area contributed by atoms with Crippen LogP contribution in [0.25, 0.3) is 0 Å². The predicted octanol–water partition coefficient (Wildman–Crippen LogP) is 2.94. The molecule has 0 amide bonds. The first kappa shape index (κ1) is 20.5. The van der Waals surface area contributed by atoms with Crippen LogP contribution in [-0.2, 0) is 11.3 Å². The minimum atomic E-state index is -0.214. The number of guanidine groups is 1. The summed E-state index contributed by atoms with van der Waals surface area (Å²) in [5.41, 5.74) is 9.50. The third-order valence-corrected chi connectivity index (χ3v) is 5.61. The molecule has 2 N–H and O–H groups in total. The van der Waals surface area contributed by atoms with Gasteiger partial charge < -0.3 is 25.0 Å². The summed E-state index contributed by atoms with van der Waals surface area (Å²) in [5.74, 6) is 1.20. The largest absolute Gasteiger partial charge is 0.488 e. The molecule has 0 aromatic heterocycles. The fourth-order valence-electron chi connectivity index (χ4n) is 3.80. The maximum Gasteiger partial charge on any atom is 0.191 e. The number of anilines is 1. The Labute approximate surface area is 177 Å². The lowest BCUT2D eigenvalue weighted by Crippen LogP contribution is -2.51. The highest BCUT2D eigenvalue weighted by Gasteiger charge is 2.20. The van der Waals surface area contributed by atoms with Gasteiger partial charge >= 0.3 is 0 Å². The van der Waals surface area contributed by atoms with E-state index in [1.165, 1.54) is 12.1 Å². The van der Waals surface area contributed by atoms with Crippen molar-refractivity contribution < 1.29 is 13.9 Å². The van der Waals surface area contributed by atoms with Gasteiger partial charge in [-0.2, -0.15) is 0 Å². The van der Waals surface area contributed by atoms with Gasteiger partial charge in [-0.25, -0.2) is 9.38 Å². The summed E-state index contributed by atoms with van der Waals surface area (Å²) in [6.45, 7) is 7.13. The molecule has 0 aliphatic carbocycles. The summed E-state index contributed by atoms with van der Waals surface area (Å²) in [5, 5.41) is 0. The minimum Gasteiger partial charge on any atom is -0.488 e. The average molecular weight is 413 g/mol. The monoisotopic (exact) mass is 412 g/mol. The smallest absolute Gasteiger partial charge is 0.191 e. The Kier molecular flexibility index (Phi) is 6.38. The molecule has 6 nitrogen and oxygen atoms in total. The first-order valence-electron chi connectivity index (χ1n) is 10.5. The number of nitrogens with two attached hydrogens (primary N) is 1. The number of benzene rings is 2. The zero-order valence-corrected chi connectivity index (χ0v) is 17.4. The second-order valence-electron chi connectivity index (χ2n) is 7.84. The van der Waals surface area contributed by atoms with Gasteiger partial charge in [0.1, 0.15) is 17.7 Å². The van der Waals surface area contributed by atoms with Gasteiger partial charge in [-0.1, -0.05) is 12.1 Å². The Hall–Kier alpha value is -2.80. The molecule has 0 saturated carbocycles. The Bertz CT molecular complexity index is 873. The van der Waals surface area contributed by atoms with Gasteiger partial charge in [-0.3, -0.25) is 0 Å². The number of hydrogen-bond donors (Lipinski definition) is 1. The molecule has 2 heterocycles. The zero-order valence-electron chi connectivity index (χ0n) is 17.4. The van der Waals surface area contributed by atoms with E-state index in [0.717, 1.165) is 61.8 Å². The number of aryl methyl sites for hydroxylation is 1. The maximum atomic E-state index is 13.1. The molecular weight excluding hydrogens is 383 g/mol. The first-order valence-corrected chi connectivity index (χ1v) is 10.5. The molecule has 0 radical (unpaired) electrons. The number of piperazine rings is 1. The van der Waals surface area contributed by atoms with Gasteiger partial charge in [-0.15, -0.1) is 0 Å². The average Bonchev–Trinajstić information content (AvgIpc) is 3.27. The lowest BCUT2D eigenvalue weighted by Gasteiger charge is -2.36. The van der Waals surface area contributed by atoms with Crippen LogP contribution in [0.1, 0.15) is 17.5 Å². The molecule has 2 aliphatic heterocycles. The van der Waals surface area contributed by atoms with Crippen LogP contribution in [-0.4, -0.2) is 56.4 Å². The minimum absolute atomic E-state index is 0.103. The van der Waals surface area contributed by atoms with Crippen molar-refractivity contribution in [1.29, 1.82) is 0 Å². The van der Waals surface area contributed by atoms with E-state index >= 15 is 0 Å². The maximum absolute atomic E-state index is 13.1. The quantitative estimate of drug-likeness (QED) is 0.604. The van der Waals surface area contributed by atoms with Gasteiger partial charge in [0, 0.05) is 43.9 Å². The first-order chi connectivity index (χ1) is 14.6. The van der Waals surface area contributed by atoms with Crippen molar-refractivity contribution in [1.82, 2.24) is 4.90 Å². The van der Waals surface area contributed by atoms with Crippen molar-refractivity contribution in [2.45, 2.75) is 26.0 Å². The van der Waals surface area contributed by atoms with E-state index in [4.69, 9.17) is 15.2 Å². The molecule has 0 bridgehead atoms. The lowest BCUT2D eigenvalue weighted by atomic mass is 10.1. The number of halogens is 1. The van der Waals surface area contributed by atoms with Crippen LogP contribution < -0.4 is 15.4 Å². The lowest BCUT2D eigenvalue weighted by molar-refractivity contribution is 0.140. The molecule has 2 aromatic carbocycles.